The molecule has 552 valence electrons. The van der Waals surface area contributed by atoms with E-state index >= 15 is 0 Å². The van der Waals surface area contributed by atoms with Gasteiger partial charge in [-0.15, -0.1) is 0 Å². The molecule has 6 atom stereocenters. The van der Waals surface area contributed by atoms with Crippen LogP contribution in [0.15, 0.2) is 0 Å². The molecule has 19 heteroatoms. The standard InChI is InChI=1S/C74H144O17P2/c1-7-10-12-14-16-18-20-22-24-25-26-27-29-31-33-38-46-52-58-73(78)90-69(62-84-71(76)56-50-44-37-32-30-28-23-21-19-17-15-13-11-8-2)64-88-92(80,81)86-60-68(75)61-87-93(82,83)89-65-70(63-85-72(77)57-51-45-41-40-42-48-54-66(4)5)91-74(79)59-53-47-39-35-34-36-43-49-55-67(6)9-3/h66-70,75H,7-65H2,1-6H3,(H,80,81)(H,82,83)/t67?,68-,69-,70-/m1/s1. The number of carbonyl (C=O) groups is 4. The highest BCUT2D eigenvalue weighted by atomic mass is 31.2. The summed E-state index contributed by atoms with van der Waals surface area (Å²) in [6.07, 6.45) is 52.8. The minimum atomic E-state index is -4.96. The average Bonchev–Trinajstić information content (AvgIpc) is 2.81. The first-order valence-corrected chi connectivity index (χ1v) is 41.5. The Balaban J connectivity index is 5.23. The smallest absolute Gasteiger partial charge is 0.462 e. The summed E-state index contributed by atoms with van der Waals surface area (Å²) in [7, 11) is -9.91. The van der Waals surface area contributed by atoms with Crippen LogP contribution in [0.3, 0.4) is 0 Å². The van der Waals surface area contributed by atoms with Gasteiger partial charge in [0.15, 0.2) is 12.2 Å². The van der Waals surface area contributed by atoms with E-state index in [-0.39, 0.29) is 25.7 Å². The number of hydrogen-bond acceptors (Lipinski definition) is 15. The van der Waals surface area contributed by atoms with Gasteiger partial charge in [-0.2, -0.15) is 0 Å². The number of phosphoric acid groups is 2. The molecule has 0 aliphatic heterocycles. The first-order valence-electron chi connectivity index (χ1n) is 38.5. The van der Waals surface area contributed by atoms with E-state index in [0.717, 1.165) is 102 Å². The lowest BCUT2D eigenvalue weighted by Gasteiger charge is -2.21. The summed E-state index contributed by atoms with van der Waals surface area (Å²) in [4.78, 5) is 72.7. The summed E-state index contributed by atoms with van der Waals surface area (Å²) in [6, 6.07) is 0. The van der Waals surface area contributed by atoms with Crippen molar-refractivity contribution in [2.45, 2.75) is 400 Å². The largest absolute Gasteiger partial charge is 0.472 e. The minimum absolute atomic E-state index is 0.104. The SMILES string of the molecule is CCCCCCCCCCCCCCCCCCCCC(=O)O[C@H](COC(=O)CCCCCCCCCCCCCCCC)COP(=O)(O)OC[C@@H](O)COP(=O)(O)OC[C@@H](COC(=O)CCCCCCCCC(C)C)OC(=O)CCCCCCCCCCC(C)CC. The predicted molar refractivity (Wildman–Crippen MR) is 377 cm³/mol. The Morgan fingerprint density at radius 3 is 0.817 bits per heavy atom. The van der Waals surface area contributed by atoms with Gasteiger partial charge in [0.05, 0.1) is 26.4 Å². The van der Waals surface area contributed by atoms with Crippen LogP contribution in [0.1, 0.15) is 382 Å². The Morgan fingerprint density at radius 1 is 0.312 bits per heavy atom. The zero-order chi connectivity index (χ0) is 68.6. The van der Waals surface area contributed by atoms with Crippen LogP contribution in [0.25, 0.3) is 0 Å². The molecule has 17 nitrogen and oxygen atoms in total. The Morgan fingerprint density at radius 2 is 0.548 bits per heavy atom. The van der Waals surface area contributed by atoms with Gasteiger partial charge in [0.1, 0.15) is 19.3 Å². The van der Waals surface area contributed by atoms with Crippen LogP contribution in [-0.4, -0.2) is 96.7 Å². The molecule has 0 aliphatic carbocycles. The average molecular weight is 1370 g/mol. The molecule has 3 unspecified atom stereocenters. The van der Waals surface area contributed by atoms with Gasteiger partial charge in [0, 0.05) is 25.7 Å². The van der Waals surface area contributed by atoms with E-state index in [2.05, 4.69) is 41.5 Å². The van der Waals surface area contributed by atoms with E-state index in [1.54, 1.807) is 0 Å². The van der Waals surface area contributed by atoms with Gasteiger partial charge in [-0.1, -0.05) is 330 Å². The number of carbonyl (C=O) groups excluding carboxylic acids is 4. The van der Waals surface area contributed by atoms with E-state index in [0.29, 0.717) is 31.6 Å². The molecular weight excluding hydrogens is 1220 g/mol. The zero-order valence-corrected chi connectivity index (χ0v) is 62.3. The molecule has 0 heterocycles. The molecule has 0 aromatic heterocycles. The molecular formula is C74H144O17P2. The molecule has 0 bridgehead atoms. The second-order valence-electron chi connectivity index (χ2n) is 27.4. The normalized spacial score (nSPS) is 14.3. The number of aliphatic hydroxyl groups excluding tert-OH is 1. The van der Waals surface area contributed by atoms with Crippen molar-refractivity contribution in [2.24, 2.45) is 11.8 Å². The van der Waals surface area contributed by atoms with Gasteiger partial charge < -0.3 is 33.8 Å². The summed E-state index contributed by atoms with van der Waals surface area (Å²) in [5.74, 6) is -0.672. The molecule has 0 spiro atoms. The number of ether oxygens (including phenoxy) is 4. The molecule has 0 radical (unpaired) electrons. The van der Waals surface area contributed by atoms with Crippen LogP contribution < -0.4 is 0 Å². The molecule has 0 aromatic carbocycles. The third kappa shape index (κ3) is 67.0. The first kappa shape index (κ1) is 91.1. The first-order chi connectivity index (χ1) is 44.9. The third-order valence-corrected chi connectivity index (χ3v) is 19.5. The van der Waals surface area contributed by atoms with Crippen molar-refractivity contribution in [2.75, 3.05) is 39.6 Å². The maximum absolute atomic E-state index is 13.1. The fourth-order valence-electron chi connectivity index (χ4n) is 11.3. The Labute approximate surface area is 568 Å². The summed E-state index contributed by atoms with van der Waals surface area (Å²) in [5.41, 5.74) is 0. The number of hydrogen-bond donors (Lipinski definition) is 3. The summed E-state index contributed by atoms with van der Waals surface area (Å²) in [6.45, 7) is 9.50. The van der Waals surface area contributed by atoms with Crippen LogP contribution in [-0.2, 0) is 65.4 Å². The predicted octanol–water partition coefficient (Wildman–Crippen LogP) is 21.6. The highest BCUT2D eigenvalue weighted by Crippen LogP contribution is 2.45. The molecule has 0 aliphatic rings. The van der Waals surface area contributed by atoms with Gasteiger partial charge in [-0.05, 0) is 37.5 Å². The molecule has 0 rings (SSSR count). The second kappa shape index (κ2) is 66.0. The van der Waals surface area contributed by atoms with Crippen molar-refractivity contribution < 1.29 is 80.2 Å². The van der Waals surface area contributed by atoms with E-state index < -0.39 is 97.5 Å². The van der Waals surface area contributed by atoms with Crippen molar-refractivity contribution in [1.29, 1.82) is 0 Å². The number of aliphatic hydroxyl groups is 1. The monoisotopic (exact) mass is 1370 g/mol. The highest BCUT2D eigenvalue weighted by molar-refractivity contribution is 7.47. The topological polar surface area (TPSA) is 237 Å². The summed E-state index contributed by atoms with van der Waals surface area (Å²) in [5, 5.41) is 10.6. The van der Waals surface area contributed by atoms with Gasteiger partial charge in [0.2, 0.25) is 0 Å². The maximum atomic E-state index is 13.1. The molecule has 93 heavy (non-hydrogen) atoms. The lowest BCUT2D eigenvalue weighted by Crippen LogP contribution is -2.30. The van der Waals surface area contributed by atoms with Crippen LogP contribution in [0.5, 0.6) is 0 Å². The van der Waals surface area contributed by atoms with Crippen molar-refractivity contribution in [3.63, 3.8) is 0 Å². The number of esters is 4. The number of phosphoric ester groups is 2. The van der Waals surface area contributed by atoms with E-state index in [1.807, 2.05) is 0 Å². The van der Waals surface area contributed by atoms with Crippen LogP contribution in [0.2, 0.25) is 0 Å². The Hall–Kier alpha value is -1.94. The van der Waals surface area contributed by atoms with Crippen LogP contribution >= 0.6 is 15.6 Å². The fraction of sp³-hybridized carbons (Fsp3) is 0.946. The van der Waals surface area contributed by atoms with E-state index in [1.165, 1.54) is 193 Å². The second-order valence-corrected chi connectivity index (χ2v) is 30.3. The Bertz CT molecular complexity index is 1810. The fourth-order valence-corrected chi connectivity index (χ4v) is 12.8. The number of rotatable bonds is 73. The molecule has 0 saturated heterocycles. The lowest BCUT2D eigenvalue weighted by atomic mass is 9.99. The van der Waals surface area contributed by atoms with E-state index in [9.17, 15) is 43.2 Å². The molecule has 0 saturated carbocycles. The van der Waals surface area contributed by atoms with Gasteiger partial charge in [-0.25, -0.2) is 9.13 Å². The van der Waals surface area contributed by atoms with Crippen molar-refractivity contribution >= 4 is 39.5 Å². The highest BCUT2D eigenvalue weighted by Gasteiger charge is 2.30. The minimum Gasteiger partial charge on any atom is -0.462 e. The van der Waals surface area contributed by atoms with E-state index in [4.69, 9.17) is 37.0 Å². The van der Waals surface area contributed by atoms with Gasteiger partial charge in [-0.3, -0.25) is 37.3 Å². The number of unbranched alkanes of at least 4 members (excludes halogenated alkanes) is 42. The maximum Gasteiger partial charge on any atom is 0.472 e. The van der Waals surface area contributed by atoms with Gasteiger partial charge >= 0.3 is 39.5 Å². The van der Waals surface area contributed by atoms with Crippen LogP contribution in [0.4, 0.5) is 0 Å². The molecule has 3 N–H and O–H groups in total. The molecule has 0 fully saturated rings. The molecule has 0 aromatic rings. The van der Waals surface area contributed by atoms with Crippen molar-refractivity contribution in [3.05, 3.63) is 0 Å². The quantitative estimate of drug-likeness (QED) is 0.0222. The zero-order valence-electron chi connectivity index (χ0n) is 60.6. The summed E-state index contributed by atoms with van der Waals surface area (Å²) >= 11 is 0. The Kier molecular flexibility index (Phi) is 64.6. The van der Waals surface area contributed by atoms with Crippen molar-refractivity contribution in [3.8, 4) is 0 Å². The van der Waals surface area contributed by atoms with Crippen molar-refractivity contribution in [1.82, 2.24) is 0 Å². The lowest BCUT2D eigenvalue weighted by molar-refractivity contribution is -0.161. The van der Waals surface area contributed by atoms with Crippen LogP contribution in [0, 0.1) is 11.8 Å². The van der Waals surface area contributed by atoms with Gasteiger partial charge in [0.25, 0.3) is 0 Å². The third-order valence-electron chi connectivity index (χ3n) is 17.6. The summed E-state index contributed by atoms with van der Waals surface area (Å²) < 4.78 is 68.4. The molecule has 0 amide bonds.